The third-order valence-corrected chi connectivity index (χ3v) is 5.21. The average Bonchev–Trinajstić information content (AvgIpc) is 2.93. The lowest BCUT2D eigenvalue weighted by molar-refractivity contribution is 0.0445. The second kappa shape index (κ2) is 12.8. The fourth-order valence-electron chi connectivity index (χ4n) is 3.42. The van der Waals surface area contributed by atoms with Gasteiger partial charge in [0.25, 0.3) is 0 Å². The van der Waals surface area contributed by atoms with Gasteiger partial charge in [-0.25, -0.2) is 9.59 Å². The Kier molecular flexibility index (Phi) is 8.70. The fourth-order valence-corrected chi connectivity index (χ4v) is 3.42. The van der Waals surface area contributed by atoms with Crippen molar-refractivity contribution in [2.75, 3.05) is 19.8 Å². The van der Waals surface area contributed by atoms with Gasteiger partial charge < -0.3 is 18.9 Å². The number of hydrogen-bond acceptors (Lipinski definition) is 6. The van der Waals surface area contributed by atoms with Crippen LogP contribution in [0.1, 0.15) is 26.3 Å². The Morgan fingerprint density at radius 1 is 0.583 bits per heavy atom. The molecular formula is C30H26O6. The van der Waals surface area contributed by atoms with Gasteiger partial charge in [-0.1, -0.05) is 66.7 Å². The number of ether oxygens (including phenoxy) is 4. The van der Waals surface area contributed by atoms with E-state index in [1.165, 1.54) is 5.56 Å². The lowest BCUT2D eigenvalue weighted by Gasteiger charge is -2.11. The number of esters is 2. The Morgan fingerprint density at radius 2 is 1.25 bits per heavy atom. The highest BCUT2D eigenvalue weighted by Crippen LogP contribution is 2.22. The van der Waals surface area contributed by atoms with Crippen LogP contribution >= 0.6 is 0 Å². The zero-order chi connectivity index (χ0) is 25.0. The molecule has 0 spiro atoms. The monoisotopic (exact) mass is 482 g/mol. The highest BCUT2D eigenvalue weighted by atomic mass is 16.6. The van der Waals surface area contributed by atoms with Crippen molar-refractivity contribution >= 4 is 11.9 Å². The molecule has 0 N–H and O–H groups in total. The van der Waals surface area contributed by atoms with Gasteiger partial charge in [-0.15, -0.1) is 0 Å². The van der Waals surface area contributed by atoms with E-state index in [2.05, 4.69) is 0 Å². The summed E-state index contributed by atoms with van der Waals surface area (Å²) >= 11 is 0. The lowest BCUT2D eigenvalue weighted by atomic mass is 10.2. The normalized spacial score (nSPS) is 10.3. The predicted molar refractivity (Wildman–Crippen MR) is 136 cm³/mol. The highest BCUT2D eigenvalue weighted by Gasteiger charge is 2.18. The maximum Gasteiger partial charge on any atom is 0.343 e. The smallest absolute Gasteiger partial charge is 0.343 e. The number of para-hydroxylation sites is 2. The molecule has 0 saturated heterocycles. The van der Waals surface area contributed by atoms with E-state index in [4.69, 9.17) is 18.9 Å². The van der Waals surface area contributed by atoms with Crippen LogP contribution in [-0.2, 0) is 11.2 Å². The third-order valence-electron chi connectivity index (χ3n) is 5.21. The molecule has 0 aromatic heterocycles. The van der Waals surface area contributed by atoms with E-state index < -0.39 is 11.9 Å². The third kappa shape index (κ3) is 7.21. The average molecular weight is 483 g/mol. The highest BCUT2D eigenvalue weighted by molar-refractivity contribution is 5.96. The first-order valence-electron chi connectivity index (χ1n) is 11.6. The van der Waals surface area contributed by atoms with Crippen LogP contribution in [0.2, 0.25) is 0 Å². The van der Waals surface area contributed by atoms with Crippen molar-refractivity contribution < 1.29 is 28.5 Å². The summed E-state index contributed by atoms with van der Waals surface area (Å²) in [4.78, 5) is 25.4. The van der Waals surface area contributed by atoms with Crippen LogP contribution in [0, 0.1) is 0 Å². The first-order valence-corrected chi connectivity index (χ1v) is 11.6. The van der Waals surface area contributed by atoms with Gasteiger partial charge in [-0.3, -0.25) is 0 Å². The lowest BCUT2D eigenvalue weighted by Crippen LogP contribution is -2.15. The topological polar surface area (TPSA) is 71.1 Å². The van der Waals surface area contributed by atoms with E-state index in [1.54, 1.807) is 48.5 Å². The van der Waals surface area contributed by atoms with Crippen molar-refractivity contribution in [3.8, 4) is 17.2 Å². The molecule has 182 valence electrons. The van der Waals surface area contributed by atoms with E-state index in [9.17, 15) is 9.59 Å². The summed E-state index contributed by atoms with van der Waals surface area (Å²) in [6.45, 7) is 0.734. The van der Waals surface area contributed by atoms with Crippen LogP contribution < -0.4 is 14.2 Å². The maximum atomic E-state index is 12.8. The van der Waals surface area contributed by atoms with Crippen LogP contribution in [0.3, 0.4) is 0 Å². The van der Waals surface area contributed by atoms with Crippen molar-refractivity contribution in [3.63, 3.8) is 0 Å². The number of benzene rings is 4. The molecule has 4 rings (SSSR count). The zero-order valence-electron chi connectivity index (χ0n) is 19.7. The Hall–Kier alpha value is -4.58. The summed E-state index contributed by atoms with van der Waals surface area (Å²) in [6.07, 6.45) is 0.751. The van der Waals surface area contributed by atoms with Crippen molar-refractivity contribution in [2.45, 2.75) is 6.42 Å². The summed E-state index contributed by atoms with van der Waals surface area (Å²) in [6, 6.07) is 32.5. The predicted octanol–water partition coefficient (Wildman–Crippen LogP) is 5.76. The summed E-state index contributed by atoms with van der Waals surface area (Å²) in [5, 5.41) is 0. The van der Waals surface area contributed by atoms with Crippen LogP contribution in [0.15, 0.2) is 109 Å². The molecule has 0 amide bonds. The molecule has 0 radical (unpaired) electrons. The molecule has 0 saturated carbocycles. The van der Waals surface area contributed by atoms with Gasteiger partial charge >= 0.3 is 11.9 Å². The quantitative estimate of drug-likeness (QED) is 0.154. The molecule has 0 fully saturated rings. The molecule has 0 aliphatic rings. The van der Waals surface area contributed by atoms with Gasteiger partial charge in [0.2, 0.25) is 0 Å². The van der Waals surface area contributed by atoms with Crippen LogP contribution in [0.4, 0.5) is 0 Å². The van der Waals surface area contributed by atoms with Gasteiger partial charge in [0.05, 0.1) is 12.2 Å². The van der Waals surface area contributed by atoms with Gasteiger partial charge in [0.1, 0.15) is 36.0 Å². The van der Waals surface area contributed by atoms with Gasteiger partial charge in [0.15, 0.2) is 0 Å². The molecule has 36 heavy (non-hydrogen) atoms. The van der Waals surface area contributed by atoms with E-state index in [-0.39, 0.29) is 24.5 Å². The SMILES string of the molecule is O=C(Oc1ccccc1C(=O)OCCOc1ccccc1)c1cccc(OCCc2ccccc2)c1. The second-order valence-electron chi connectivity index (χ2n) is 7.80. The molecule has 6 nitrogen and oxygen atoms in total. The van der Waals surface area contributed by atoms with Crippen molar-refractivity contribution in [3.05, 3.63) is 126 Å². The molecule has 4 aromatic carbocycles. The molecule has 4 aromatic rings. The first kappa shape index (κ1) is 24.5. The number of rotatable bonds is 11. The summed E-state index contributed by atoms with van der Waals surface area (Å²) in [7, 11) is 0. The minimum Gasteiger partial charge on any atom is -0.493 e. The first-order chi connectivity index (χ1) is 17.7. The van der Waals surface area contributed by atoms with E-state index in [0.29, 0.717) is 23.7 Å². The van der Waals surface area contributed by atoms with E-state index in [0.717, 1.165) is 6.42 Å². The number of carbonyl (C=O) groups is 2. The minimum atomic E-state index is -0.604. The Labute approximate surface area is 210 Å². The van der Waals surface area contributed by atoms with E-state index in [1.807, 2.05) is 60.7 Å². The largest absolute Gasteiger partial charge is 0.493 e. The summed E-state index contributed by atoms with van der Waals surface area (Å²) in [5.74, 6) is 0.164. The molecule has 0 bridgehead atoms. The summed E-state index contributed by atoms with van der Waals surface area (Å²) < 4.78 is 22.2. The molecule has 6 heteroatoms. The molecule has 0 atom stereocenters. The summed E-state index contributed by atoms with van der Waals surface area (Å²) in [5.41, 5.74) is 1.63. The van der Waals surface area contributed by atoms with E-state index >= 15 is 0 Å². The molecule has 0 unspecified atom stereocenters. The van der Waals surface area contributed by atoms with Crippen molar-refractivity contribution in [1.29, 1.82) is 0 Å². The van der Waals surface area contributed by atoms with Gasteiger partial charge in [-0.2, -0.15) is 0 Å². The minimum absolute atomic E-state index is 0.0539. The van der Waals surface area contributed by atoms with Crippen LogP contribution in [0.25, 0.3) is 0 Å². The molecule has 0 heterocycles. The number of hydrogen-bond donors (Lipinski definition) is 0. The van der Waals surface area contributed by atoms with Crippen LogP contribution in [-0.4, -0.2) is 31.8 Å². The van der Waals surface area contributed by atoms with Gasteiger partial charge in [-0.05, 0) is 48.0 Å². The van der Waals surface area contributed by atoms with Crippen molar-refractivity contribution in [2.24, 2.45) is 0 Å². The molecule has 0 aliphatic carbocycles. The molecular weight excluding hydrogens is 456 g/mol. The standard InChI is InChI=1S/C30H26O6/c31-29(24-12-9-15-26(22-24)33-19-18-23-10-3-1-4-11-23)36-28-17-8-7-16-27(28)30(32)35-21-20-34-25-13-5-2-6-14-25/h1-17,22H,18-21H2. The maximum absolute atomic E-state index is 12.8. The Balaban J connectivity index is 1.31. The van der Waals surface area contributed by atoms with Crippen LogP contribution in [0.5, 0.6) is 17.2 Å². The number of carbonyl (C=O) groups excluding carboxylic acids is 2. The Bertz CT molecular complexity index is 1270. The Morgan fingerprint density at radius 3 is 2.06 bits per heavy atom. The molecule has 0 aliphatic heterocycles. The van der Waals surface area contributed by atoms with Gasteiger partial charge in [0, 0.05) is 6.42 Å². The zero-order valence-corrected chi connectivity index (χ0v) is 19.7. The fraction of sp³-hybridized carbons (Fsp3) is 0.133. The van der Waals surface area contributed by atoms with Crippen molar-refractivity contribution in [1.82, 2.24) is 0 Å². The second-order valence-corrected chi connectivity index (χ2v) is 7.80.